The van der Waals surface area contributed by atoms with Crippen LogP contribution in [0.25, 0.3) is 0 Å². The molecule has 0 aromatic carbocycles. The van der Waals surface area contributed by atoms with E-state index in [-0.39, 0.29) is 0 Å². The summed E-state index contributed by atoms with van der Waals surface area (Å²) in [6.07, 6.45) is 9.81. The quantitative estimate of drug-likeness (QED) is 0.484. The molecule has 1 aliphatic rings. The maximum absolute atomic E-state index is 5.54. The van der Waals surface area contributed by atoms with Crippen molar-refractivity contribution in [2.24, 2.45) is 0 Å². The van der Waals surface area contributed by atoms with Gasteiger partial charge in [0.1, 0.15) is 0 Å². The Hall–Kier alpha value is -0.720. The lowest BCUT2D eigenvalue weighted by molar-refractivity contribution is 0.269. The molecule has 15 heavy (non-hydrogen) atoms. The summed E-state index contributed by atoms with van der Waals surface area (Å²) in [5, 5.41) is 0. The topological polar surface area (TPSA) is 9.23 Å². The average molecular weight is 208 g/mol. The van der Waals surface area contributed by atoms with Crippen molar-refractivity contribution in [1.82, 2.24) is 0 Å². The zero-order valence-electron chi connectivity index (χ0n) is 10.3. The summed E-state index contributed by atoms with van der Waals surface area (Å²) in [4.78, 5) is 0. The van der Waals surface area contributed by atoms with Crippen LogP contribution >= 0.6 is 0 Å². The van der Waals surface area contributed by atoms with E-state index in [2.05, 4.69) is 13.5 Å². The molecule has 0 radical (unpaired) electrons. The summed E-state index contributed by atoms with van der Waals surface area (Å²) in [7, 11) is 1.80. The van der Waals surface area contributed by atoms with E-state index in [1.807, 2.05) is 0 Å². The van der Waals surface area contributed by atoms with Crippen molar-refractivity contribution in [3.63, 3.8) is 0 Å². The molecule has 0 spiro atoms. The van der Waals surface area contributed by atoms with Gasteiger partial charge in [-0.25, -0.2) is 0 Å². The molecule has 0 aromatic heterocycles. The van der Waals surface area contributed by atoms with Gasteiger partial charge in [0, 0.05) is 6.42 Å². The molecule has 1 nitrogen and oxygen atoms in total. The molecule has 0 aromatic rings. The minimum Gasteiger partial charge on any atom is -0.501 e. The molecule has 0 heterocycles. The van der Waals surface area contributed by atoms with Gasteiger partial charge in [0.05, 0.1) is 12.9 Å². The summed E-state index contributed by atoms with van der Waals surface area (Å²) >= 11 is 0. The van der Waals surface area contributed by atoms with Gasteiger partial charge in [0.15, 0.2) is 0 Å². The fourth-order valence-corrected chi connectivity index (χ4v) is 2.19. The van der Waals surface area contributed by atoms with Crippen molar-refractivity contribution in [3.8, 4) is 0 Å². The highest BCUT2D eigenvalue weighted by atomic mass is 16.5. The SMILES string of the molecule is C=C1CCCCC/C1=C(\CCCC)OC. The minimum absolute atomic E-state index is 1.08. The number of methoxy groups -OCH3 is 1. The highest BCUT2D eigenvalue weighted by molar-refractivity contribution is 5.31. The van der Waals surface area contributed by atoms with Crippen LogP contribution in [0.3, 0.4) is 0 Å². The summed E-state index contributed by atoms with van der Waals surface area (Å²) < 4.78 is 5.54. The normalized spacial score (nSPS) is 21.1. The largest absolute Gasteiger partial charge is 0.501 e. The van der Waals surface area contributed by atoms with Crippen LogP contribution in [0, 0.1) is 0 Å². The standard InChI is InChI=1S/C14H24O/c1-4-5-11-14(15-3)13-10-8-6-7-9-12(13)2/h2,4-11H2,1,3H3/b14-13-. The van der Waals surface area contributed by atoms with Crippen molar-refractivity contribution in [1.29, 1.82) is 0 Å². The number of hydrogen-bond acceptors (Lipinski definition) is 1. The van der Waals surface area contributed by atoms with Gasteiger partial charge in [-0.3, -0.25) is 0 Å². The Morgan fingerprint density at radius 3 is 2.67 bits per heavy atom. The third-order valence-corrected chi connectivity index (χ3v) is 3.17. The first kappa shape index (κ1) is 12.4. The van der Waals surface area contributed by atoms with Gasteiger partial charge in [-0.15, -0.1) is 0 Å². The molecule has 1 heteroatoms. The van der Waals surface area contributed by atoms with Crippen LogP contribution in [0.15, 0.2) is 23.5 Å². The number of ether oxygens (including phenoxy) is 1. The van der Waals surface area contributed by atoms with Gasteiger partial charge < -0.3 is 4.74 Å². The maximum Gasteiger partial charge on any atom is 0.0989 e. The Morgan fingerprint density at radius 2 is 2.00 bits per heavy atom. The van der Waals surface area contributed by atoms with E-state index in [0.717, 1.165) is 12.8 Å². The Balaban J connectivity index is 2.74. The van der Waals surface area contributed by atoms with E-state index < -0.39 is 0 Å². The molecular formula is C14H24O. The molecule has 1 saturated carbocycles. The van der Waals surface area contributed by atoms with E-state index in [1.165, 1.54) is 55.4 Å². The van der Waals surface area contributed by atoms with Crippen LogP contribution in [-0.2, 0) is 4.74 Å². The molecule has 0 N–H and O–H groups in total. The monoisotopic (exact) mass is 208 g/mol. The van der Waals surface area contributed by atoms with Crippen molar-refractivity contribution >= 4 is 0 Å². The Morgan fingerprint density at radius 1 is 1.27 bits per heavy atom. The van der Waals surface area contributed by atoms with Crippen molar-refractivity contribution in [2.45, 2.75) is 58.3 Å². The molecule has 0 bridgehead atoms. The first-order valence-electron chi connectivity index (χ1n) is 6.23. The second kappa shape index (κ2) is 6.71. The molecule has 1 aliphatic carbocycles. The van der Waals surface area contributed by atoms with Crippen LogP contribution < -0.4 is 0 Å². The first-order valence-corrected chi connectivity index (χ1v) is 6.23. The van der Waals surface area contributed by atoms with Crippen LogP contribution in [-0.4, -0.2) is 7.11 Å². The van der Waals surface area contributed by atoms with Crippen LogP contribution in [0.4, 0.5) is 0 Å². The second-order valence-electron chi connectivity index (χ2n) is 4.37. The van der Waals surface area contributed by atoms with Gasteiger partial charge in [-0.1, -0.05) is 26.3 Å². The molecule has 1 fully saturated rings. The lowest BCUT2D eigenvalue weighted by Gasteiger charge is -2.14. The van der Waals surface area contributed by atoms with Gasteiger partial charge >= 0.3 is 0 Å². The fourth-order valence-electron chi connectivity index (χ4n) is 2.19. The average Bonchev–Trinajstić information content (AvgIpc) is 2.45. The Labute approximate surface area is 94.2 Å². The van der Waals surface area contributed by atoms with Crippen molar-refractivity contribution in [2.75, 3.05) is 7.11 Å². The van der Waals surface area contributed by atoms with E-state index in [9.17, 15) is 0 Å². The second-order valence-corrected chi connectivity index (χ2v) is 4.37. The van der Waals surface area contributed by atoms with Crippen LogP contribution in [0.1, 0.15) is 58.3 Å². The van der Waals surface area contributed by atoms with Gasteiger partial charge in [-0.05, 0) is 43.3 Å². The highest BCUT2D eigenvalue weighted by Gasteiger charge is 2.13. The van der Waals surface area contributed by atoms with Gasteiger partial charge in [0.2, 0.25) is 0 Å². The lowest BCUT2D eigenvalue weighted by Crippen LogP contribution is -1.97. The molecule has 0 aliphatic heterocycles. The number of hydrogen-bond donors (Lipinski definition) is 0. The van der Waals surface area contributed by atoms with Gasteiger partial charge in [-0.2, -0.15) is 0 Å². The molecular weight excluding hydrogens is 184 g/mol. The number of allylic oxidation sites excluding steroid dienone is 3. The van der Waals surface area contributed by atoms with Gasteiger partial charge in [0.25, 0.3) is 0 Å². The summed E-state index contributed by atoms with van der Waals surface area (Å²) in [5.74, 6) is 1.20. The van der Waals surface area contributed by atoms with E-state index in [4.69, 9.17) is 4.74 Å². The first-order chi connectivity index (χ1) is 7.29. The predicted octanol–water partition coefficient (Wildman–Crippen LogP) is 4.60. The fraction of sp³-hybridized carbons (Fsp3) is 0.714. The molecule has 0 unspecified atom stereocenters. The zero-order chi connectivity index (χ0) is 11.1. The molecule has 86 valence electrons. The third-order valence-electron chi connectivity index (χ3n) is 3.17. The smallest absolute Gasteiger partial charge is 0.0989 e. The predicted molar refractivity (Wildman–Crippen MR) is 65.8 cm³/mol. The number of unbranched alkanes of at least 4 members (excludes halogenated alkanes) is 1. The van der Waals surface area contributed by atoms with Crippen LogP contribution in [0.2, 0.25) is 0 Å². The number of rotatable bonds is 4. The summed E-state index contributed by atoms with van der Waals surface area (Å²) in [6.45, 7) is 6.42. The summed E-state index contributed by atoms with van der Waals surface area (Å²) in [6, 6.07) is 0. The summed E-state index contributed by atoms with van der Waals surface area (Å²) in [5.41, 5.74) is 2.74. The third kappa shape index (κ3) is 3.73. The van der Waals surface area contributed by atoms with E-state index in [0.29, 0.717) is 0 Å². The Kier molecular flexibility index (Phi) is 5.52. The van der Waals surface area contributed by atoms with E-state index >= 15 is 0 Å². The van der Waals surface area contributed by atoms with Crippen molar-refractivity contribution < 1.29 is 4.74 Å². The molecule has 0 amide bonds. The van der Waals surface area contributed by atoms with Crippen molar-refractivity contribution in [3.05, 3.63) is 23.5 Å². The lowest BCUT2D eigenvalue weighted by atomic mass is 9.99. The zero-order valence-corrected chi connectivity index (χ0v) is 10.3. The molecule has 0 atom stereocenters. The Bertz CT molecular complexity index is 238. The van der Waals surface area contributed by atoms with E-state index in [1.54, 1.807) is 7.11 Å². The maximum atomic E-state index is 5.54. The molecule has 0 saturated heterocycles. The molecule has 1 rings (SSSR count). The minimum atomic E-state index is 1.08. The van der Waals surface area contributed by atoms with Crippen LogP contribution in [0.5, 0.6) is 0 Å². The highest BCUT2D eigenvalue weighted by Crippen LogP contribution is 2.30.